The minimum atomic E-state index is -1.55. The highest BCUT2D eigenvalue weighted by Gasteiger charge is 2.21. The molecular weight excluding hydrogens is 455 g/mol. The molecule has 0 radical (unpaired) electrons. The van der Waals surface area contributed by atoms with Gasteiger partial charge in [-0.15, -0.1) is 0 Å². The summed E-state index contributed by atoms with van der Waals surface area (Å²) in [5.74, 6) is -1.83. The van der Waals surface area contributed by atoms with E-state index < -0.39 is 22.9 Å². The number of nitrogens with one attached hydrogen (secondary N) is 1. The summed E-state index contributed by atoms with van der Waals surface area (Å²) >= 11 is 12.7. The number of aromatic amines is 1. The molecule has 0 bridgehead atoms. The summed E-state index contributed by atoms with van der Waals surface area (Å²) in [4.78, 5) is 41.2. The summed E-state index contributed by atoms with van der Waals surface area (Å²) in [7, 11) is 0. The van der Waals surface area contributed by atoms with Gasteiger partial charge < -0.3 is 5.11 Å². The lowest BCUT2D eigenvalue weighted by molar-refractivity contribution is 0.0685. The Balaban J connectivity index is 1.85. The van der Waals surface area contributed by atoms with Crippen molar-refractivity contribution in [2.75, 3.05) is 0 Å². The molecule has 0 aliphatic carbocycles. The maximum Gasteiger partial charge on any atom is 0.362 e. The molecule has 0 fully saturated rings. The van der Waals surface area contributed by atoms with E-state index in [2.05, 4.69) is 10.1 Å². The molecule has 10 heteroatoms. The van der Waals surface area contributed by atoms with Gasteiger partial charge in [-0.1, -0.05) is 47.5 Å². The third-order valence-electron chi connectivity index (χ3n) is 4.79. The van der Waals surface area contributed by atoms with Gasteiger partial charge in [0, 0.05) is 28.4 Å². The third kappa shape index (κ3) is 4.18. The van der Waals surface area contributed by atoms with Crippen LogP contribution in [0, 0.1) is 0 Å². The van der Waals surface area contributed by atoms with E-state index in [0.29, 0.717) is 10.0 Å². The SMILES string of the molecule is O=C(O)c1nn(-c2ccc(C(c3ccc(Cl)cc3)c3cccnc3)c(Cl)c2)c(=O)[nH]c1=O. The smallest absolute Gasteiger partial charge is 0.362 e. The summed E-state index contributed by atoms with van der Waals surface area (Å²) in [6.45, 7) is 0. The number of carboxylic acids is 1. The standard InChI is InChI=1S/C22H14Cl2N4O4/c23-14-5-3-12(4-6-14)18(13-2-1-9-25-11-13)16-8-7-15(10-17(16)24)28-22(32)26-20(29)19(27-28)21(30)31/h1-11,18H,(H,30,31)(H,26,29,32). The normalized spacial score (nSPS) is 11.8. The molecule has 2 heterocycles. The van der Waals surface area contributed by atoms with E-state index in [9.17, 15) is 14.4 Å². The molecule has 8 nitrogen and oxygen atoms in total. The Kier molecular flexibility index (Phi) is 5.89. The van der Waals surface area contributed by atoms with Gasteiger partial charge in [0.25, 0.3) is 5.56 Å². The van der Waals surface area contributed by atoms with E-state index in [-0.39, 0.29) is 11.6 Å². The van der Waals surface area contributed by atoms with Crippen LogP contribution in [-0.2, 0) is 0 Å². The topological polar surface area (TPSA) is 118 Å². The van der Waals surface area contributed by atoms with Gasteiger partial charge in [-0.25, -0.2) is 9.59 Å². The van der Waals surface area contributed by atoms with Crippen molar-refractivity contribution in [3.63, 3.8) is 0 Å². The number of benzene rings is 2. The molecule has 32 heavy (non-hydrogen) atoms. The molecule has 0 amide bonds. The first-order valence-electron chi connectivity index (χ1n) is 9.27. The van der Waals surface area contributed by atoms with Gasteiger partial charge in [0.05, 0.1) is 5.69 Å². The third-order valence-corrected chi connectivity index (χ3v) is 5.37. The molecule has 2 aromatic heterocycles. The average Bonchev–Trinajstić information content (AvgIpc) is 2.77. The van der Waals surface area contributed by atoms with Gasteiger partial charge in [0.2, 0.25) is 5.69 Å². The van der Waals surface area contributed by atoms with Crippen LogP contribution >= 0.6 is 23.2 Å². The summed E-state index contributed by atoms with van der Waals surface area (Å²) in [5.41, 5.74) is -0.0443. The number of rotatable bonds is 5. The van der Waals surface area contributed by atoms with E-state index in [1.807, 2.05) is 29.2 Å². The number of carboxylic acid groups (broad SMARTS) is 1. The summed E-state index contributed by atoms with van der Waals surface area (Å²) in [6.07, 6.45) is 3.40. The number of hydrogen-bond donors (Lipinski definition) is 2. The Morgan fingerprint density at radius 2 is 1.78 bits per heavy atom. The Labute approximate surface area is 190 Å². The van der Waals surface area contributed by atoms with Crippen LogP contribution < -0.4 is 11.2 Å². The first kappa shape index (κ1) is 21.5. The monoisotopic (exact) mass is 468 g/mol. The van der Waals surface area contributed by atoms with Crippen molar-refractivity contribution in [3.8, 4) is 5.69 Å². The number of pyridine rings is 1. The van der Waals surface area contributed by atoms with Crippen LogP contribution in [0.3, 0.4) is 0 Å². The van der Waals surface area contributed by atoms with E-state index in [4.69, 9.17) is 28.3 Å². The zero-order chi connectivity index (χ0) is 22.8. The minimum absolute atomic E-state index is 0.198. The Hall–Kier alpha value is -3.75. The van der Waals surface area contributed by atoms with Gasteiger partial charge in [-0.3, -0.25) is 14.8 Å². The van der Waals surface area contributed by atoms with Crippen molar-refractivity contribution >= 4 is 29.2 Å². The van der Waals surface area contributed by atoms with Crippen molar-refractivity contribution in [3.05, 3.63) is 120 Å². The molecular formula is C22H14Cl2N4O4. The summed E-state index contributed by atoms with van der Waals surface area (Å²) in [5, 5.41) is 13.7. The fourth-order valence-corrected chi connectivity index (χ4v) is 3.76. The predicted molar refractivity (Wildman–Crippen MR) is 119 cm³/mol. The van der Waals surface area contributed by atoms with Crippen molar-refractivity contribution in [2.24, 2.45) is 0 Å². The molecule has 2 N–H and O–H groups in total. The molecule has 0 aliphatic heterocycles. The lowest BCUT2D eigenvalue weighted by atomic mass is 9.86. The maximum absolute atomic E-state index is 12.2. The molecule has 1 atom stereocenters. The maximum atomic E-state index is 12.2. The zero-order valence-electron chi connectivity index (χ0n) is 16.2. The quantitative estimate of drug-likeness (QED) is 0.462. The molecule has 0 saturated heterocycles. The van der Waals surface area contributed by atoms with Crippen molar-refractivity contribution in [1.29, 1.82) is 0 Å². The predicted octanol–water partition coefficient (Wildman–Crippen LogP) is 3.50. The van der Waals surface area contributed by atoms with E-state index in [0.717, 1.165) is 21.4 Å². The lowest BCUT2D eigenvalue weighted by Gasteiger charge is -2.20. The molecule has 2 aromatic carbocycles. The van der Waals surface area contributed by atoms with Crippen LogP contribution in [0.1, 0.15) is 33.1 Å². The zero-order valence-corrected chi connectivity index (χ0v) is 17.7. The largest absolute Gasteiger partial charge is 0.476 e. The van der Waals surface area contributed by atoms with Crippen LogP contribution in [0.2, 0.25) is 10.0 Å². The molecule has 0 spiro atoms. The highest BCUT2D eigenvalue weighted by atomic mass is 35.5. The highest BCUT2D eigenvalue weighted by Crippen LogP contribution is 2.36. The van der Waals surface area contributed by atoms with Crippen LogP contribution in [-0.4, -0.2) is 30.8 Å². The number of aromatic carboxylic acids is 1. The van der Waals surface area contributed by atoms with Gasteiger partial charge in [0.15, 0.2) is 0 Å². The fourth-order valence-electron chi connectivity index (χ4n) is 3.35. The van der Waals surface area contributed by atoms with Crippen LogP contribution in [0.15, 0.2) is 76.6 Å². The number of hydrogen-bond acceptors (Lipinski definition) is 5. The summed E-state index contributed by atoms with van der Waals surface area (Å²) in [6, 6.07) is 15.8. The molecule has 4 aromatic rings. The Morgan fingerprint density at radius 1 is 1.03 bits per heavy atom. The number of nitrogens with zero attached hydrogens (tertiary/aromatic N) is 3. The Morgan fingerprint density at radius 3 is 2.41 bits per heavy atom. The van der Waals surface area contributed by atoms with E-state index >= 15 is 0 Å². The number of carbonyl (C=O) groups is 1. The second kappa shape index (κ2) is 8.78. The van der Waals surface area contributed by atoms with Gasteiger partial charge in [0.1, 0.15) is 0 Å². The van der Waals surface area contributed by atoms with Gasteiger partial charge in [-0.2, -0.15) is 9.78 Å². The second-order valence-corrected chi connectivity index (χ2v) is 7.65. The first-order valence-corrected chi connectivity index (χ1v) is 10.0. The molecule has 0 aliphatic rings. The van der Waals surface area contributed by atoms with Crippen molar-refractivity contribution in [2.45, 2.75) is 5.92 Å². The second-order valence-electron chi connectivity index (χ2n) is 6.80. The molecule has 0 saturated carbocycles. The average molecular weight is 469 g/mol. The Bertz CT molecular complexity index is 1420. The van der Waals surface area contributed by atoms with Crippen LogP contribution in [0.4, 0.5) is 0 Å². The van der Waals surface area contributed by atoms with Crippen molar-refractivity contribution in [1.82, 2.24) is 19.7 Å². The first-order chi connectivity index (χ1) is 15.3. The highest BCUT2D eigenvalue weighted by molar-refractivity contribution is 6.31. The molecule has 4 rings (SSSR count). The number of aromatic nitrogens is 4. The summed E-state index contributed by atoms with van der Waals surface area (Å²) < 4.78 is 0.780. The number of halogens is 2. The van der Waals surface area contributed by atoms with Crippen LogP contribution in [0.25, 0.3) is 5.69 Å². The fraction of sp³-hybridized carbons (Fsp3) is 0.0455. The van der Waals surface area contributed by atoms with E-state index in [1.54, 1.807) is 36.7 Å². The minimum Gasteiger partial charge on any atom is -0.476 e. The molecule has 1 unspecified atom stereocenters. The van der Waals surface area contributed by atoms with Gasteiger partial charge in [-0.05, 0) is 47.0 Å². The number of H-pyrrole nitrogens is 1. The lowest BCUT2D eigenvalue weighted by Crippen LogP contribution is -2.35. The van der Waals surface area contributed by atoms with Crippen molar-refractivity contribution < 1.29 is 9.90 Å². The van der Waals surface area contributed by atoms with Gasteiger partial charge >= 0.3 is 11.7 Å². The van der Waals surface area contributed by atoms with Crippen LogP contribution in [0.5, 0.6) is 0 Å². The molecule has 160 valence electrons. The van der Waals surface area contributed by atoms with E-state index in [1.165, 1.54) is 6.07 Å².